The van der Waals surface area contributed by atoms with Crippen molar-refractivity contribution in [3.8, 4) is 0 Å². The summed E-state index contributed by atoms with van der Waals surface area (Å²) in [5.41, 5.74) is 0. The van der Waals surface area contributed by atoms with Crippen LogP contribution in [0.25, 0.3) is 0 Å². The second kappa shape index (κ2) is 19.8. The van der Waals surface area contributed by atoms with E-state index in [2.05, 4.69) is 27.7 Å². The molecule has 0 rings (SSSR count). The van der Waals surface area contributed by atoms with Crippen molar-refractivity contribution in [1.82, 2.24) is 0 Å². The third kappa shape index (κ3) is 23.3. The lowest BCUT2D eigenvalue weighted by Crippen LogP contribution is -1.87. The van der Waals surface area contributed by atoms with E-state index >= 15 is 0 Å². The van der Waals surface area contributed by atoms with Crippen LogP contribution in [0.4, 0.5) is 0 Å². The van der Waals surface area contributed by atoms with Gasteiger partial charge in [0.2, 0.25) is 15.2 Å². The molecule has 0 spiro atoms. The Balaban J connectivity index is 0. The second-order valence-corrected chi connectivity index (χ2v) is 8.95. The Morgan fingerprint density at radius 1 is 0.786 bits per heavy atom. The van der Waals surface area contributed by atoms with Gasteiger partial charge in [-0.25, -0.2) is 0 Å². The molecular formula is C12H29AlMg. The average Bonchev–Trinajstić information content (AvgIpc) is 2.20. The molecule has 0 aromatic carbocycles. The summed E-state index contributed by atoms with van der Waals surface area (Å²) in [7, 11) is 0. The number of hydrogen-bond donors (Lipinski definition) is 0. The maximum Gasteiger partial charge on any atom is 0.364 e. The van der Waals surface area contributed by atoms with E-state index in [1.807, 2.05) is 0 Å². The molecule has 0 aliphatic heterocycles. The predicted molar refractivity (Wildman–Crippen MR) is 73.3 cm³/mol. The molecule has 0 bridgehead atoms. The normalized spacial score (nSPS) is 8.57. The third-order valence-electron chi connectivity index (χ3n) is 2.41. The van der Waals surface area contributed by atoms with E-state index in [0.29, 0.717) is 35.6 Å². The van der Waals surface area contributed by atoms with Crippen LogP contribution < -0.4 is 0 Å². The summed E-state index contributed by atoms with van der Waals surface area (Å²) in [6.45, 7) is 9.12. The van der Waals surface area contributed by atoms with Crippen LogP contribution in [0.2, 0.25) is 19.7 Å². The summed E-state index contributed by atoms with van der Waals surface area (Å²) in [6, 6.07) is 0. The zero-order chi connectivity index (χ0) is 11.1. The lowest BCUT2D eigenvalue weighted by Gasteiger charge is -1.93. The highest BCUT2D eigenvalue weighted by molar-refractivity contribution is 6.35. The molecule has 2 heteroatoms. The zero-order valence-electron chi connectivity index (χ0n) is 11.1. The highest BCUT2D eigenvalue weighted by atomic mass is 27.1. The minimum atomic E-state index is 0.389. The van der Waals surface area contributed by atoms with Crippen LogP contribution in [-0.4, -0.2) is 35.6 Å². The first-order valence-corrected chi connectivity index (χ1v) is 10.8. The fraction of sp³-hybridized carbons (Fsp3) is 1.00. The molecule has 0 amide bonds. The minimum Gasteiger partial charge on any atom is -0.146 e. The molecule has 0 aromatic rings. The van der Waals surface area contributed by atoms with Gasteiger partial charge in [-0.2, -0.15) is 0 Å². The first-order chi connectivity index (χ1) is 6.83. The molecule has 0 aliphatic rings. The van der Waals surface area contributed by atoms with Gasteiger partial charge in [0.15, 0.2) is 0 Å². The lowest BCUT2D eigenvalue weighted by atomic mass is 10.4. The van der Waals surface area contributed by atoms with Crippen LogP contribution in [-0.2, 0) is 0 Å². The van der Waals surface area contributed by atoms with Crippen molar-refractivity contribution in [2.75, 3.05) is 0 Å². The standard InChI is InChI=1S/2C4H9.2C2H5.Al.Mg.H/c2*1-3-4-2;2*1-2;;;/h2*1,3-4H2,2H3;2*1H2,2H3;;;. The van der Waals surface area contributed by atoms with Crippen LogP contribution in [0.3, 0.4) is 0 Å². The van der Waals surface area contributed by atoms with Crippen molar-refractivity contribution in [3.63, 3.8) is 0 Å². The minimum absolute atomic E-state index is 0.389. The Morgan fingerprint density at radius 3 is 1.43 bits per heavy atom. The summed E-state index contributed by atoms with van der Waals surface area (Å²) in [4.78, 5) is 0. The van der Waals surface area contributed by atoms with Crippen LogP contribution in [0.1, 0.15) is 53.4 Å². The predicted octanol–water partition coefficient (Wildman–Crippen LogP) is 4.43. The molecule has 82 valence electrons. The summed E-state index contributed by atoms with van der Waals surface area (Å²) >= 11 is 0.821. The summed E-state index contributed by atoms with van der Waals surface area (Å²) in [5, 5.41) is 2.97. The molecule has 0 aromatic heterocycles. The van der Waals surface area contributed by atoms with Gasteiger partial charge in [0.05, 0.1) is 0 Å². The van der Waals surface area contributed by atoms with Crippen LogP contribution in [0.15, 0.2) is 0 Å². The first-order valence-electron chi connectivity index (χ1n) is 6.83. The van der Waals surface area contributed by atoms with E-state index in [0.717, 1.165) is 0 Å². The van der Waals surface area contributed by atoms with Crippen molar-refractivity contribution in [2.24, 2.45) is 0 Å². The topological polar surface area (TPSA) is 0 Å². The first kappa shape index (κ1) is 17.7. The van der Waals surface area contributed by atoms with E-state index in [1.54, 1.807) is 9.10 Å². The molecule has 0 heterocycles. The van der Waals surface area contributed by atoms with E-state index in [1.165, 1.54) is 36.2 Å². The Hall–Kier alpha value is 1.30. The third-order valence-corrected chi connectivity index (χ3v) is 5.83. The SMILES string of the molecule is CCC[CH2][Mg][CH2]CCC.C[CH2][AlH][CH2]C. The second-order valence-electron chi connectivity index (χ2n) is 4.12. The molecule has 0 saturated carbocycles. The van der Waals surface area contributed by atoms with E-state index in [-0.39, 0.29) is 0 Å². The Bertz CT molecular complexity index is 68.7. The van der Waals surface area contributed by atoms with Crippen LogP contribution >= 0.6 is 0 Å². The number of rotatable bonds is 8. The quantitative estimate of drug-likeness (QED) is 0.423. The molecule has 0 fully saturated rings. The van der Waals surface area contributed by atoms with Gasteiger partial charge in [-0.3, -0.25) is 0 Å². The molecule has 0 N–H and O–H groups in total. The molecule has 0 aliphatic carbocycles. The summed E-state index contributed by atoms with van der Waals surface area (Å²) in [5.74, 6) is 0. The van der Waals surface area contributed by atoms with Gasteiger partial charge in [0.1, 0.15) is 0 Å². The smallest absolute Gasteiger partial charge is 0.146 e. The van der Waals surface area contributed by atoms with Crippen molar-refractivity contribution in [1.29, 1.82) is 0 Å². The molecule has 0 saturated heterocycles. The summed E-state index contributed by atoms with van der Waals surface area (Å²) in [6.07, 6.45) is 5.80. The van der Waals surface area contributed by atoms with Gasteiger partial charge in [-0.05, 0) is 0 Å². The summed E-state index contributed by atoms with van der Waals surface area (Å²) < 4.78 is 3.19. The van der Waals surface area contributed by atoms with Gasteiger partial charge in [0.25, 0.3) is 0 Å². The largest absolute Gasteiger partial charge is 0.364 e. The van der Waals surface area contributed by atoms with Gasteiger partial charge in [0, 0.05) is 0 Å². The number of hydrogen-bond acceptors (Lipinski definition) is 0. The van der Waals surface area contributed by atoms with Gasteiger partial charge in [-0.15, -0.1) is 19.7 Å². The van der Waals surface area contributed by atoms with Crippen molar-refractivity contribution in [3.05, 3.63) is 0 Å². The van der Waals surface area contributed by atoms with Crippen LogP contribution in [0, 0.1) is 0 Å². The highest BCUT2D eigenvalue weighted by Crippen LogP contribution is 1.99. The maximum absolute atomic E-state index is 2.29. The van der Waals surface area contributed by atoms with Crippen molar-refractivity contribution < 1.29 is 0 Å². The van der Waals surface area contributed by atoms with E-state index in [9.17, 15) is 0 Å². The molecule has 0 unspecified atom stereocenters. The molecular weight excluding hydrogens is 195 g/mol. The van der Waals surface area contributed by atoms with Crippen molar-refractivity contribution >= 4 is 35.6 Å². The zero-order valence-corrected chi connectivity index (χ0v) is 13.9. The molecule has 14 heavy (non-hydrogen) atoms. The van der Waals surface area contributed by atoms with Crippen LogP contribution in [0.5, 0.6) is 0 Å². The molecule has 0 atom stereocenters. The molecule has 0 nitrogen and oxygen atoms in total. The fourth-order valence-electron chi connectivity index (χ4n) is 1.38. The Kier molecular flexibility index (Phi) is 25.0. The monoisotopic (exact) mass is 224 g/mol. The Morgan fingerprint density at radius 2 is 1.21 bits per heavy atom. The van der Waals surface area contributed by atoms with Gasteiger partial charge < -0.3 is 0 Å². The number of unbranched alkanes of at least 4 members (excludes halogenated alkanes) is 2. The van der Waals surface area contributed by atoms with Gasteiger partial charge in [-0.1, -0.05) is 53.4 Å². The lowest BCUT2D eigenvalue weighted by molar-refractivity contribution is 0.851. The maximum atomic E-state index is 2.29. The Labute approximate surface area is 108 Å². The highest BCUT2D eigenvalue weighted by Gasteiger charge is 1.92. The van der Waals surface area contributed by atoms with E-state index < -0.39 is 0 Å². The van der Waals surface area contributed by atoms with Gasteiger partial charge >= 0.3 is 20.4 Å². The average molecular weight is 225 g/mol. The van der Waals surface area contributed by atoms with Crippen molar-refractivity contribution in [2.45, 2.75) is 73.0 Å². The van der Waals surface area contributed by atoms with E-state index in [4.69, 9.17) is 0 Å². The fourth-order valence-corrected chi connectivity index (χ4v) is 4.15. The molecule has 0 radical (unpaired) electrons.